The highest BCUT2D eigenvalue weighted by Gasteiger charge is 2.10. The van der Waals surface area contributed by atoms with Gasteiger partial charge in [-0.3, -0.25) is 9.69 Å². The second-order valence-corrected chi connectivity index (χ2v) is 3.24. The molecule has 2 N–H and O–H groups in total. The molecule has 1 unspecified atom stereocenters. The van der Waals surface area contributed by atoms with E-state index in [1.165, 1.54) is 7.11 Å². The van der Waals surface area contributed by atoms with Crippen molar-refractivity contribution in [2.24, 2.45) is 0 Å². The predicted octanol–water partition coefficient (Wildman–Crippen LogP) is -1.43. The Balaban J connectivity index is 3.68. The number of nitriles is 1. The zero-order valence-electron chi connectivity index (χ0n) is 9.06. The Morgan fingerprint density at radius 3 is 2.93 bits per heavy atom. The Bertz CT molecular complexity index is 227. The maximum atomic E-state index is 11.1. The van der Waals surface area contributed by atoms with E-state index >= 15 is 0 Å². The second-order valence-electron chi connectivity index (χ2n) is 3.24. The summed E-state index contributed by atoms with van der Waals surface area (Å²) in [5.74, 6) is -0.233. The van der Waals surface area contributed by atoms with Crippen LogP contribution in [0.25, 0.3) is 0 Å². The van der Waals surface area contributed by atoms with Gasteiger partial charge in [0.25, 0.3) is 0 Å². The summed E-state index contributed by atoms with van der Waals surface area (Å²) in [5, 5.41) is 20.0. The van der Waals surface area contributed by atoms with Gasteiger partial charge in [-0.25, -0.2) is 0 Å². The van der Waals surface area contributed by atoms with Crippen molar-refractivity contribution in [1.82, 2.24) is 10.2 Å². The van der Waals surface area contributed by atoms with E-state index in [1.807, 2.05) is 6.07 Å². The van der Waals surface area contributed by atoms with E-state index in [9.17, 15) is 9.90 Å². The van der Waals surface area contributed by atoms with Gasteiger partial charge < -0.3 is 15.2 Å². The van der Waals surface area contributed by atoms with Crippen molar-refractivity contribution in [2.75, 3.05) is 40.4 Å². The molecule has 0 saturated carbocycles. The van der Waals surface area contributed by atoms with Crippen LogP contribution in [0.4, 0.5) is 0 Å². The molecule has 0 radical (unpaired) electrons. The largest absolute Gasteiger partial charge is 0.389 e. The summed E-state index contributed by atoms with van der Waals surface area (Å²) >= 11 is 0. The Morgan fingerprint density at radius 1 is 1.73 bits per heavy atom. The number of ether oxygens (including phenoxy) is 1. The fourth-order valence-corrected chi connectivity index (χ4v) is 1.11. The third kappa shape index (κ3) is 7.88. The molecule has 0 aliphatic heterocycles. The third-order valence-corrected chi connectivity index (χ3v) is 1.66. The molecule has 6 nitrogen and oxygen atoms in total. The van der Waals surface area contributed by atoms with E-state index in [0.717, 1.165) is 0 Å². The van der Waals surface area contributed by atoms with Crippen LogP contribution >= 0.6 is 0 Å². The monoisotopic (exact) mass is 215 g/mol. The molecule has 15 heavy (non-hydrogen) atoms. The number of nitrogens with one attached hydrogen (secondary N) is 1. The molecule has 0 aliphatic carbocycles. The molecule has 1 atom stereocenters. The Labute approximate surface area is 89.4 Å². The number of aliphatic hydroxyl groups excluding tert-OH is 1. The summed E-state index contributed by atoms with van der Waals surface area (Å²) < 4.78 is 4.75. The van der Waals surface area contributed by atoms with Crippen LogP contribution in [-0.2, 0) is 9.53 Å². The number of amides is 1. The van der Waals surface area contributed by atoms with Gasteiger partial charge >= 0.3 is 0 Å². The summed E-state index contributed by atoms with van der Waals surface area (Å²) in [6, 6.07) is 1.81. The first-order valence-corrected chi connectivity index (χ1v) is 4.59. The van der Waals surface area contributed by atoms with Gasteiger partial charge in [0.2, 0.25) is 5.91 Å². The number of aliphatic hydroxyl groups is 1. The molecule has 1 amide bonds. The number of carbonyl (C=O) groups excluding carboxylic acids is 1. The van der Waals surface area contributed by atoms with Gasteiger partial charge in [0.05, 0.1) is 25.3 Å². The molecule has 0 aliphatic rings. The van der Waals surface area contributed by atoms with Crippen LogP contribution in [0.1, 0.15) is 0 Å². The van der Waals surface area contributed by atoms with E-state index in [2.05, 4.69) is 5.32 Å². The topological polar surface area (TPSA) is 85.6 Å². The minimum Gasteiger partial charge on any atom is -0.389 e. The van der Waals surface area contributed by atoms with Gasteiger partial charge in [-0.1, -0.05) is 0 Å². The Kier molecular flexibility index (Phi) is 7.54. The highest BCUT2D eigenvalue weighted by Crippen LogP contribution is 1.89. The molecule has 6 heteroatoms. The van der Waals surface area contributed by atoms with E-state index in [0.29, 0.717) is 6.54 Å². The first kappa shape index (κ1) is 13.8. The summed E-state index contributed by atoms with van der Waals surface area (Å²) in [7, 11) is 3.22. The Morgan fingerprint density at radius 2 is 2.40 bits per heavy atom. The second kappa shape index (κ2) is 8.17. The van der Waals surface area contributed by atoms with Gasteiger partial charge in [0.15, 0.2) is 0 Å². The van der Waals surface area contributed by atoms with Gasteiger partial charge in [0.1, 0.15) is 6.54 Å². The molecular formula is C9H17N3O3. The number of likely N-dealkylation sites (N-methyl/N-ethyl adjacent to an activating group) is 1. The molecule has 0 aromatic carbocycles. The highest BCUT2D eigenvalue weighted by atomic mass is 16.5. The van der Waals surface area contributed by atoms with E-state index < -0.39 is 6.10 Å². The fourth-order valence-electron chi connectivity index (χ4n) is 1.11. The average Bonchev–Trinajstić information content (AvgIpc) is 2.14. The van der Waals surface area contributed by atoms with Crippen LogP contribution in [0.2, 0.25) is 0 Å². The van der Waals surface area contributed by atoms with E-state index in [-0.39, 0.29) is 25.6 Å². The van der Waals surface area contributed by atoms with Crippen molar-refractivity contribution in [3.63, 3.8) is 0 Å². The molecule has 0 heterocycles. The summed E-state index contributed by atoms with van der Waals surface area (Å²) in [6.07, 6.45) is -0.608. The third-order valence-electron chi connectivity index (χ3n) is 1.66. The minimum absolute atomic E-state index is 0.00724. The van der Waals surface area contributed by atoms with Crippen LogP contribution in [0.15, 0.2) is 0 Å². The van der Waals surface area contributed by atoms with Crippen molar-refractivity contribution in [1.29, 1.82) is 5.26 Å². The molecule has 0 saturated heterocycles. The summed E-state index contributed by atoms with van der Waals surface area (Å²) in [5.41, 5.74) is 0. The number of rotatable bonds is 7. The summed E-state index contributed by atoms with van der Waals surface area (Å²) in [4.78, 5) is 12.8. The lowest BCUT2D eigenvalue weighted by atomic mass is 10.3. The van der Waals surface area contributed by atoms with Gasteiger partial charge in [-0.2, -0.15) is 5.26 Å². The van der Waals surface area contributed by atoms with Crippen LogP contribution in [0.5, 0.6) is 0 Å². The van der Waals surface area contributed by atoms with Crippen molar-refractivity contribution < 1.29 is 14.6 Å². The van der Waals surface area contributed by atoms with Gasteiger partial charge in [0, 0.05) is 13.7 Å². The number of carbonyl (C=O) groups is 1. The highest BCUT2D eigenvalue weighted by molar-refractivity contribution is 5.78. The normalized spacial score (nSPS) is 12.2. The Hall–Kier alpha value is -1.16. The fraction of sp³-hybridized carbons (Fsp3) is 0.778. The van der Waals surface area contributed by atoms with Crippen molar-refractivity contribution in [3.8, 4) is 6.07 Å². The smallest absolute Gasteiger partial charge is 0.234 e. The molecule has 0 fully saturated rings. The lowest BCUT2D eigenvalue weighted by Crippen LogP contribution is -2.39. The van der Waals surface area contributed by atoms with Crippen LogP contribution < -0.4 is 5.32 Å². The number of methoxy groups -OCH3 is 1. The minimum atomic E-state index is -0.608. The zero-order valence-corrected chi connectivity index (χ0v) is 9.06. The maximum Gasteiger partial charge on any atom is 0.234 e. The lowest BCUT2D eigenvalue weighted by molar-refractivity contribution is -0.122. The first-order chi connectivity index (χ1) is 7.10. The molecule has 0 aromatic heterocycles. The molecular weight excluding hydrogens is 198 g/mol. The van der Waals surface area contributed by atoms with Crippen molar-refractivity contribution in [2.45, 2.75) is 6.10 Å². The zero-order chi connectivity index (χ0) is 11.7. The summed E-state index contributed by atoms with van der Waals surface area (Å²) in [6.45, 7) is 0.758. The SMILES string of the molecule is COCC(O)CN(C)CC(=O)NCC#N. The average molecular weight is 215 g/mol. The van der Waals surface area contributed by atoms with Gasteiger partial charge in [-0.15, -0.1) is 0 Å². The van der Waals surface area contributed by atoms with Crippen LogP contribution in [-0.4, -0.2) is 62.4 Å². The predicted molar refractivity (Wildman–Crippen MR) is 54.0 cm³/mol. The van der Waals surface area contributed by atoms with Crippen molar-refractivity contribution >= 4 is 5.91 Å². The van der Waals surface area contributed by atoms with Crippen LogP contribution in [0, 0.1) is 11.3 Å². The van der Waals surface area contributed by atoms with E-state index in [1.54, 1.807) is 11.9 Å². The van der Waals surface area contributed by atoms with Crippen LogP contribution in [0.3, 0.4) is 0 Å². The maximum absolute atomic E-state index is 11.1. The molecule has 0 spiro atoms. The van der Waals surface area contributed by atoms with Crippen molar-refractivity contribution in [3.05, 3.63) is 0 Å². The quantitative estimate of drug-likeness (QED) is 0.508. The first-order valence-electron chi connectivity index (χ1n) is 4.59. The lowest BCUT2D eigenvalue weighted by Gasteiger charge is -2.19. The number of hydrogen-bond acceptors (Lipinski definition) is 5. The molecule has 0 aromatic rings. The number of hydrogen-bond donors (Lipinski definition) is 2. The molecule has 0 rings (SSSR count). The van der Waals surface area contributed by atoms with Gasteiger partial charge in [-0.05, 0) is 7.05 Å². The number of nitrogens with zero attached hydrogens (tertiary/aromatic N) is 2. The standard InChI is InChI=1S/C9H17N3O3/c1-12(5-8(13)7-15-2)6-9(14)11-4-3-10/h8,13H,4-7H2,1-2H3,(H,11,14). The molecule has 0 bridgehead atoms. The molecule has 86 valence electrons. The van der Waals surface area contributed by atoms with E-state index in [4.69, 9.17) is 10.00 Å².